The summed E-state index contributed by atoms with van der Waals surface area (Å²) in [6.07, 6.45) is 16.3. The molecule has 78 valence electrons. The Morgan fingerprint density at radius 2 is 1.19 bits per heavy atom. The molecule has 0 unspecified atom stereocenters. The summed E-state index contributed by atoms with van der Waals surface area (Å²) in [6, 6.07) is 8.89. The average molecular weight is 206 g/mol. The zero-order valence-corrected chi connectivity index (χ0v) is 9.19. The van der Waals surface area contributed by atoms with Gasteiger partial charge in [-0.3, -0.25) is 0 Å². The first-order valence-electron chi connectivity index (χ1n) is 5.98. The topological polar surface area (TPSA) is 0 Å². The fraction of sp³-hybridized carbons (Fsp3) is 0.250. The smallest absolute Gasteiger partial charge is 0.0234 e. The van der Waals surface area contributed by atoms with Gasteiger partial charge < -0.3 is 0 Å². The van der Waals surface area contributed by atoms with E-state index in [4.69, 9.17) is 0 Å². The Morgan fingerprint density at radius 1 is 0.688 bits per heavy atom. The van der Waals surface area contributed by atoms with E-state index in [1.165, 1.54) is 24.0 Å². The summed E-state index contributed by atoms with van der Waals surface area (Å²) in [5.41, 5.74) is 3.64. The summed E-state index contributed by atoms with van der Waals surface area (Å²) < 4.78 is 0. The second kappa shape index (κ2) is 2.57. The number of rotatable bonds is 0. The van der Waals surface area contributed by atoms with Crippen LogP contribution in [0.5, 0.6) is 0 Å². The molecule has 0 aromatic heterocycles. The van der Waals surface area contributed by atoms with Crippen LogP contribution in [0.2, 0.25) is 0 Å². The van der Waals surface area contributed by atoms with Crippen LogP contribution in [0.1, 0.15) is 11.1 Å². The summed E-state index contributed by atoms with van der Waals surface area (Å²) in [5.74, 6) is 0. The number of fused-ring (bicyclic) bond motifs is 1. The molecule has 0 nitrogen and oxygen atoms in total. The average Bonchev–Trinajstić information content (AvgIpc) is 2.30. The van der Waals surface area contributed by atoms with E-state index in [1.807, 2.05) is 0 Å². The van der Waals surface area contributed by atoms with Gasteiger partial charge in [-0.15, -0.1) is 0 Å². The van der Waals surface area contributed by atoms with Crippen LogP contribution in [0.25, 0.3) is 0 Å². The predicted octanol–water partition coefficient (Wildman–Crippen LogP) is 3.45. The zero-order chi connectivity index (χ0) is 10.6. The minimum Gasteiger partial charge on any atom is -0.0761 e. The molecular formula is C16H14. The zero-order valence-electron chi connectivity index (χ0n) is 9.19. The fourth-order valence-corrected chi connectivity index (χ4v) is 3.48. The highest BCUT2D eigenvalue weighted by atomic mass is 14.6. The molecule has 1 aromatic carbocycles. The standard InChI is InChI=1S/C16H14/c1-2-6-14-12-16-8-4-3-7-15(16,9-10-16)11-13(14)5-1/h1-10H,11-12H2/t15-,16-/m0/s1. The van der Waals surface area contributed by atoms with Crippen molar-refractivity contribution in [3.63, 3.8) is 0 Å². The highest BCUT2D eigenvalue weighted by Gasteiger charge is 2.53. The molecule has 4 rings (SSSR count). The minimum atomic E-state index is 0.288. The molecule has 3 aliphatic rings. The Bertz CT molecular complexity index is 498. The van der Waals surface area contributed by atoms with Crippen molar-refractivity contribution in [2.75, 3.05) is 0 Å². The van der Waals surface area contributed by atoms with Gasteiger partial charge in [-0.05, 0) is 24.0 Å². The maximum absolute atomic E-state index is 2.39. The molecule has 0 N–H and O–H groups in total. The van der Waals surface area contributed by atoms with E-state index in [0.29, 0.717) is 0 Å². The number of hydrogen-bond donors (Lipinski definition) is 0. The van der Waals surface area contributed by atoms with E-state index >= 15 is 0 Å². The molecule has 0 heteroatoms. The Hall–Kier alpha value is -1.56. The van der Waals surface area contributed by atoms with Gasteiger partial charge in [0.25, 0.3) is 0 Å². The van der Waals surface area contributed by atoms with E-state index < -0.39 is 0 Å². The monoisotopic (exact) mass is 206 g/mol. The molecule has 0 saturated heterocycles. The summed E-state index contributed by atoms with van der Waals surface area (Å²) in [7, 11) is 0. The van der Waals surface area contributed by atoms with E-state index in [2.05, 4.69) is 60.7 Å². The molecule has 16 heavy (non-hydrogen) atoms. The van der Waals surface area contributed by atoms with Gasteiger partial charge in [0.1, 0.15) is 0 Å². The molecule has 0 radical (unpaired) electrons. The first kappa shape index (κ1) is 8.58. The second-order valence-corrected chi connectivity index (χ2v) is 5.25. The molecule has 0 heterocycles. The van der Waals surface area contributed by atoms with Gasteiger partial charge in [0, 0.05) is 10.8 Å². The lowest BCUT2D eigenvalue weighted by Gasteiger charge is -2.55. The van der Waals surface area contributed by atoms with Crippen molar-refractivity contribution in [1.29, 1.82) is 0 Å². The second-order valence-electron chi connectivity index (χ2n) is 5.25. The lowest BCUT2D eigenvalue weighted by atomic mass is 9.47. The number of allylic oxidation sites excluding steroid dienone is 6. The van der Waals surface area contributed by atoms with Crippen molar-refractivity contribution in [1.82, 2.24) is 0 Å². The van der Waals surface area contributed by atoms with Crippen LogP contribution in [0, 0.1) is 10.8 Å². The lowest BCUT2D eigenvalue weighted by molar-refractivity contribution is 0.192. The Balaban J connectivity index is 1.93. The molecule has 0 bridgehead atoms. The van der Waals surface area contributed by atoms with Crippen molar-refractivity contribution < 1.29 is 0 Å². The SMILES string of the molecule is C1=C[C@@]23C=C[C@@]2(C=C1)Cc1ccccc1C3. The van der Waals surface area contributed by atoms with Gasteiger partial charge in [-0.2, -0.15) is 0 Å². The van der Waals surface area contributed by atoms with Crippen LogP contribution >= 0.6 is 0 Å². The number of hydrogen-bond acceptors (Lipinski definition) is 0. The van der Waals surface area contributed by atoms with Crippen LogP contribution < -0.4 is 0 Å². The summed E-state index contributed by atoms with van der Waals surface area (Å²) >= 11 is 0. The highest BCUT2D eigenvalue weighted by molar-refractivity contribution is 5.50. The molecule has 0 amide bonds. The molecule has 0 fully saturated rings. The molecule has 1 aromatic rings. The van der Waals surface area contributed by atoms with Gasteiger partial charge >= 0.3 is 0 Å². The van der Waals surface area contributed by atoms with Crippen molar-refractivity contribution in [3.8, 4) is 0 Å². The molecule has 0 spiro atoms. The van der Waals surface area contributed by atoms with Gasteiger partial charge in [0.05, 0.1) is 0 Å². The molecular weight excluding hydrogens is 192 g/mol. The first-order chi connectivity index (χ1) is 7.84. The molecule has 3 aliphatic carbocycles. The van der Waals surface area contributed by atoms with Crippen molar-refractivity contribution in [2.24, 2.45) is 10.8 Å². The first-order valence-corrected chi connectivity index (χ1v) is 5.98. The van der Waals surface area contributed by atoms with Gasteiger partial charge in [0.15, 0.2) is 0 Å². The van der Waals surface area contributed by atoms with Crippen LogP contribution in [-0.2, 0) is 12.8 Å². The Labute approximate surface area is 96.0 Å². The van der Waals surface area contributed by atoms with E-state index in [9.17, 15) is 0 Å². The van der Waals surface area contributed by atoms with Crippen molar-refractivity contribution in [3.05, 3.63) is 71.8 Å². The van der Waals surface area contributed by atoms with Crippen molar-refractivity contribution in [2.45, 2.75) is 12.8 Å². The third kappa shape index (κ3) is 0.824. The van der Waals surface area contributed by atoms with E-state index in [0.717, 1.165) is 0 Å². The van der Waals surface area contributed by atoms with E-state index in [1.54, 1.807) is 0 Å². The van der Waals surface area contributed by atoms with Crippen LogP contribution in [0.15, 0.2) is 60.7 Å². The summed E-state index contributed by atoms with van der Waals surface area (Å²) in [6.45, 7) is 0. The fourth-order valence-electron chi connectivity index (χ4n) is 3.48. The van der Waals surface area contributed by atoms with Crippen LogP contribution in [0.3, 0.4) is 0 Å². The third-order valence-electron chi connectivity index (χ3n) is 4.53. The molecule has 0 aliphatic heterocycles. The lowest BCUT2D eigenvalue weighted by Crippen LogP contribution is -2.50. The highest BCUT2D eigenvalue weighted by Crippen LogP contribution is 2.60. The van der Waals surface area contributed by atoms with Gasteiger partial charge in [-0.1, -0.05) is 60.7 Å². The summed E-state index contributed by atoms with van der Waals surface area (Å²) in [4.78, 5) is 0. The van der Waals surface area contributed by atoms with Gasteiger partial charge in [0.2, 0.25) is 0 Å². The largest absolute Gasteiger partial charge is 0.0761 e. The Kier molecular flexibility index (Phi) is 1.38. The normalized spacial score (nSPS) is 37.2. The quantitative estimate of drug-likeness (QED) is 0.570. The third-order valence-corrected chi connectivity index (χ3v) is 4.53. The molecule has 0 saturated carbocycles. The summed E-state index contributed by atoms with van der Waals surface area (Å²) in [5, 5.41) is 0. The van der Waals surface area contributed by atoms with Crippen LogP contribution in [-0.4, -0.2) is 0 Å². The predicted molar refractivity (Wildman–Crippen MR) is 66.1 cm³/mol. The maximum Gasteiger partial charge on any atom is 0.0234 e. The van der Waals surface area contributed by atoms with Crippen molar-refractivity contribution >= 4 is 0 Å². The molecule has 2 atom stereocenters. The maximum atomic E-state index is 2.39. The van der Waals surface area contributed by atoms with E-state index in [-0.39, 0.29) is 10.8 Å². The van der Waals surface area contributed by atoms with Crippen LogP contribution in [0.4, 0.5) is 0 Å². The number of benzene rings is 1. The van der Waals surface area contributed by atoms with Gasteiger partial charge in [-0.25, -0.2) is 0 Å². The Morgan fingerprint density at radius 3 is 1.62 bits per heavy atom. The minimum absolute atomic E-state index is 0.288.